The van der Waals surface area contributed by atoms with Crippen LogP contribution < -0.4 is 0 Å². The molecule has 3 atom stereocenters. The number of hydrogen-bond acceptors (Lipinski definition) is 6. The van der Waals surface area contributed by atoms with E-state index in [1.54, 1.807) is 0 Å². The molecule has 2 aliphatic rings. The van der Waals surface area contributed by atoms with Crippen LogP contribution in [-0.4, -0.2) is 31.7 Å². The fourth-order valence-electron chi connectivity index (χ4n) is 3.50. The molecule has 1 aromatic carbocycles. The largest absolute Gasteiger partial charge is 0.382 e. The predicted octanol–water partition coefficient (Wildman–Crippen LogP) is 1.41. The highest BCUT2D eigenvalue weighted by molar-refractivity contribution is 5.30. The summed E-state index contributed by atoms with van der Waals surface area (Å²) in [6.45, 7) is 0. The van der Waals surface area contributed by atoms with Crippen LogP contribution in [0.25, 0.3) is 0 Å². The van der Waals surface area contributed by atoms with Crippen molar-refractivity contribution >= 4 is 0 Å². The Hall–Kier alpha value is -1.76. The van der Waals surface area contributed by atoms with Crippen molar-refractivity contribution in [2.45, 2.75) is 36.9 Å². The van der Waals surface area contributed by atoms with Crippen LogP contribution >= 0.6 is 0 Å². The minimum atomic E-state index is -1.19. The van der Waals surface area contributed by atoms with Crippen LogP contribution in [-0.2, 0) is 12.0 Å². The third kappa shape index (κ3) is 1.49. The van der Waals surface area contributed by atoms with Gasteiger partial charge in [-0.1, -0.05) is 40.6 Å². The molecule has 104 valence electrons. The van der Waals surface area contributed by atoms with Crippen molar-refractivity contribution in [3.63, 3.8) is 0 Å². The van der Waals surface area contributed by atoms with E-state index in [-0.39, 0.29) is 12.1 Å². The van der Waals surface area contributed by atoms with Gasteiger partial charge in [-0.3, -0.25) is 0 Å². The second kappa shape index (κ2) is 4.12. The molecule has 2 heterocycles. The van der Waals surface area contributed by atoms with Gasteiger partial charge >= 0.3 is 0 Å². The summed E-state index contributed by atoms with van der Waals surface area (Å²) in [5, 5.41) is 30.4. The van der Waals surface area contributed by atoms with Crippen molar-refractivity contribution in [3.8, 4) is 0 Å². The zero-order valence-corrected chi connectivity index (χ0v) is 10.8. The highest BCUT2D eigenvalue weighted by atomic mass is 16.6. The first-order valence-corrected chi connectivity index (χ1v) is 6.76. The van der Waals surface area contributed by atoms with E-state index >= 15 is 0 Å². The maximum atomic E-state index is 11.0. The van der Waals surface area contributed by atoms with E-state index in [1.807, 2.05) is 30.3 Å². The molecule has 0 spiro atoms. The van der Waals surface area contributed by atoms with Crippen molar-refractivity contribution in [3.05, 3.63) is 47.3 Å². The molecule has 0 radical (unpaired) electrons. The molecule has 0 unspecified atom stereocenters. The van der Waals surface area contributed by atoms with Gasteiger partial charge in [-0.2, -0.15) is 5.06 Å². The van der Waals surface area contributed by atoms with Gasteiger partial charge < -0.3 is 10.3 Å². The van der Waals surface area contributed by atoms with Gasteiger partial charge in [0.05, 0.1) is 12.1 Å². The molecule has 1 aliphatic carbocycles. The van der Waals surface area contributed by atoms with Gasteiger partial charge in [0.2, 0.25) is 0 Å². The molecule has 0 bridgehead atoms. The molecule has 1 saturated heterocycles. The lowest BCUT2D eigenvalue weighted by atomic mass is 9.80. The number of hydrogen-bond donors (Lipinski definition) is 2. The van der Waals surface area contributed by atoms with Gasteiger partial charge in [0.15, 0.2) is 0 Å². The number of aliphatic hydroxyl groups is 1. The van der Waals surface area contributed by atoms with Crippen molar-refractivity contribution in [2.24, 2.45) is 0 Å². The first-order valence-electron chi connectivity index (χ1n) is 6.76. The van der Waals surface area contributed by atoms with Crippen LogP contribution in [0.2, 0.25) is 0 Å². The average molecular weight is 273 g/mol. The Morgan fingerprint density at radius 3 is 2.85 bits per heavy atom. The molecule has 6 nitrogen and oxygen atoms in total. The van der Waals surface area contributed by atoms with E-state index < -0.39 is 5.60 Å². The number of rotatable bonds is 1. The van der Waals surface area contributed by atoms with Crippen molar-refractivity contribution in [2.75, 3.05) is 0 Å². The number of aryl methyl sites for hydroxylation is 1. The van der Waals surface area contributed by atoms with Gasteiger partial charge in [0, 0.05) is 6.42 Å². The lowest BCUT2D eigenvalue weighted by molar-refractivity contribution is -0.163. The number of hydroxylamine groups is 2. The second-order valence-corrected chi connectivity index (χ2v) is 5.55. The number of aromatic nitrogens is 2. The van der Waals surface area contributed by atoms with Crippen LogP contribution in [0.1, 0.15) is 35.8 Å². The van der Waals surface area contributed by atoms with Crippen LogP contribution in [0.15, 0.2) is 35.0 Å². The molecule has 1 fully saturated rings. The lowest BCUT2D eigenvalue weighted by Crippen LogP contribution is -2.45. The van der Waals surface area contributed by atoms with Gasteiger partial charge in [0.25, 0.3) is 0 Å². The summed E-state index contributed by atoms with van der Waals surface area (Å²) in [5.41, 5.74) is 0.968. The first kappa shape index (κ1) is 12.0. The van der Waals surface area contributed by atoms with E-state index in [0.29, 0.717) is 30.7 Å². The average Bonchev–Trinajstić information content (AvgIpc) is 3.04. The fraction of sp³-hybridized carbons (Fsp3) is 0.429. The minimum Gasteiger partial charge on any atom is -0.382 e. The van der Waals surface area contributed by atoms with E-state index in [4.69, 9.17) is 4.63 Å². The molecular weight excluding hydrogens is 258 g/mol. The van der Waals surface area contributed by atoms with Crippen LogP contribution in [0.4, 0.5) is 0 Å². The van der Waals surface area contributed by atoms with Crippen molar-refractivity contribution in [1.82, 2.24) is 15.4 Å². The molecule has 2 N–H and O–H groups in total. The van der Waals surface area contributed by atoms with Gasteiger partial charge in [-0.25, -0.2) is 4.63 Å². The lowest BCUT2D eigenvalue weighted by Gasteiger charge is -2.33. The number of nitrogens with zero attached hydrogens (tertiary/aromatic N) is 3. The predicted molar refractivity (Wildman–Crippen MR) is 67.7 cm³/mol. The summed E-state index contributed by atoms with van der Waals surface area (Å²) in [5.74, 6) is 0. The maximum Gasteiger partial charge on any atom is 0.141 e. The van der Waals surface area contributed by atoms with Crippen LogP contribution in [0.3, 0.4) is 0 Å². The quantitative estimate of drug-likeness (QED) is 0.817. The molecule has 20 heavy (non-hydrogen) atoms. The molecule has 6 heteroatoms. The van der Waals surface area contributed by atoms with E-state index in [1.165, 1.54) is 5.06 Å². The number of fused-ring (bicyclic) bond motifs is 3. The summed E-state index contributed by atoms with van der Waals surface area (Å²) in [7, 11) is 0. The molecule has 1 aromatic heterocycles. The summed E-state index contributed by atoms with van der Waals surface area (Å²) < 4.78 is 4.76. The Morgan fingerprint density at radius 1 is 1.25 bits per heavy atom. The summed E-state index contributed by atoms with van der Waals surface area (Å²) in [6, 6.07) is 9.09. The van der Waals surface area contributed by atoms with Gasteiger partial charge in [-0.15, -0.1) is 0 Å². The van der Waals surface area contributed by atoms with E-state index in [0.717, 1.165) is 5.56 Å². The Bertz CT molecular complexity index is 630. The standard InChI is InChI=1S/C14H15N3O3/c18-14-8-11(9-4-2-1-3-5-9)17(19)12(14)7-6-10-13(14)16-20-15-10/h1-5,11-12,18-19H,6-8H2/t11-,12+,14+/m1/s1. The molecule has 0 amide bonds. The Morgan fingerprint density at radius 2 is 2.05 bits per heavy atom. The molecule has 0 saturated carbocycles. The minimum absolute atomic E-state index is 0.242. The van der Waals surface area contributed by atoms with Crippen LogP contribution in [0, 0.1) is 0 Å². The third-order valence-electron chi connectivity index (χ3n) is 4.50. The molecular formula is C14H15N3O3. The summed E-state index contributed by atoms with van der Waals surface area (Å²) in [4.78, 5) is 0. The van der Waals surface area contributed by atoms with Crippen molar-refractivity contribution < 1.29 is 14.9 Å². The highest BCUT2D eigenvalue weighted by Crippen LogP contribution is 2.50. The van der Waals surface area contributed by atoms with E-state index in [2.05, 4.69) is 10.3 Å². The summed E-state index contributed by atoms with van der Waals surface area (Å²) >= 11 is 0. The van der Waals surface area contributed by atoms with Crippen LogP contribution in [0.5, 0.6) is 0 Å². The number of benzene rings is 1. The Balaban J connectivity index is 1.76. The topological polar surface area (TPSA) is 82.6 Å². The normalized spacial score (nSPS) is 32.9. The third-order valence-corrected chi connectivity index (χ3v) is 4.50. The molecule has 4 rings (SSSR count). The fourth-order valence-corrected chi connectivity index (χ4v) is 3.50. The zero-order chi connectivity index (χ0) is 13.7. The zero-order valence-electron chi connectivity index (χ0n) is 10.8. The SMILES string of the molecule is ON1[C@@H](c2ccccc2)C[C@@]2(O)c3nonc3CC[C@H]12. The van der Waals surface area contributed by atoms with E-state index in [9.17, 15) is 10.3 Å². The first-order chi connectivity index (χ1) is 9.70. The monoisotopic (exact) mass is 273 g/mol. The Kier molecular flexibility index (Phi) is 2.47. The Labute approximate surface area is 115 Å². The molecule has 2 aromatic rings. The second-order valence-electron chi connectivity index (χ2n) is 5.55. The van der Waals surface area contributed by atoms with Crippen molar-refractivity contribution in [1.29, 1.82) is 0 Å². The smallest absolute Gasteiger partial charge is 0.141 e. The van der Waals surface area contributed by atoms with Gasteiger partial charge in [0.1, 0.15) is 17.0 Å². The van der Waals surface area contributed by atoms with Gasteiger partial charge in [-0.05, 0) is 18.4 Å². The maximum absolute atomic E-state index is 11.0. The highest BCUT2D eigenvalue weighted by Gasteiger charge is 2.57. The molecule has 1 aliphatic heterocycles. The summed E-state index contributed by atoms with van der Waals surface area (Å²) in [6.07, 6.45) is 1.68.